The zero-order valence-electron chi connectivity index (χ0n) is 30.1. The molecule has 0 aliphatic rings. The number of hydrogen-bond donors (Lipinski definition) is 0. The minimum absolute atomic E-state index is 0.661. The van der Waals surface area contributed by atoms with Crippen LogP contribution in [0.15, 0.2) is 188 Å². The Labute approximate surface area is 331 Å². The molecular weight excluding hydrogens is 719 g/mol. The number of aromatic nitrogens is 3. The fourth-order valence-corrected chi connectivity index (χ4v) is 10.5. The van der Waals surface area contributed by atoms with Crippen molar-refractivity contribution in [3.8, 4) is 67.5 Å². The van der Waals surface area contributed by atoms with Gasteiger partial charge in [0, 0.05) is 62.6 Å². The molecule has 0 saturated heterocycles. The SMILES string of the molecule is c1ccc(-c2cccc(-c3ccc(-c4cccc5c4sc4c(-c6nc(-c7ccccc7)nc(-c7ccccc7)n6)cccc45)c4c3sc3ccccc34)c2)cc1. The number of nitrogens with zero attached hydrogens (tertiary/aromatic N) is 3. The molecule has 0 radical (unpaired) electrons. The number of thiophene rings is 2. The highest BCUT2D eigenvalue weighted by Gasteiger charge is 2.21. The van der Waals surface area contributed by atoms with Crippen LogP contribution in [-0.2, 0) is 0 Å². The van der Waals surface area contributed by atoms with Gasteiger partial charge in [-0.2, -0.15) is 0 Å². The third kappa shape index (κ3) is 5.51. The lowest BCUT2D eigenvalue weighted by molar-refractivity contribution is 1.08. The molecule has 0 atom stereocenters. The van der Waals surface area contributed by atoms with E-state index in [9.17, 15) is 0 Å². The Bertz CT molecular complexity index is 3180. The lowest BCUT2D eigenvalue weighted by Crippen LogP contribution is -2.00. The smallest absolute Gasteiger partial charge is 0.165 e. The molecule has 0 aliphatic carbocycles. The zero-order valence-corrected chi connectivity index (χ0v) is 31.7. The van der Waals surface area contributed by atoms with Crippen LogP contribution in [0.4, 0.5) is 0 Å². The van der Waals surface area contributed by atoms with Crippen LogP contribution in [0.5, 0.6) is 0 Å². The van der Waals surface area contributed by atoms with E-state index < -0.39 is 0 Å². The summed E-state index contributed by atoms with van der Waals surface area (Å²) in [7, 11) is 0. The summed E-state index contributed by atoms with van der Waals surface area (Å²) in [4.78, 5) is 15.2. The van der Waals surface area contributed by atoms with Gasteiger partial charge in [-0.15, -0.1) is 22.7 Å². The molecule has 11 rings (SSSR count). The summed E-state index contributed by atoms with van der Waals surface area (Å²) in [6.07, 6.45) is 0. The summed E-state index contributed by atoms with van der Waals surface area (Å²) < 4.78 is 5.02. The predicted octanol–water partition coefficient (Wildman–Crippen LogP) is 14.6. The fraction of sp³-hybridized carbons (Fsp3) is 0. The Kier molecular flexibility index (Phi) is 7.87. The molecule has 56 heavy (non-hydrogen) atoms. The summed E-state index contributed by atoms with van der Waals surface area (Å²) in [5.41, 5.74) is 10.3. The van der Waals surface area contributed by atoms with Crippen molar-refractivity contribution in [1.29, 1.82) is 0 Å². The number of fused-ring (bicyclic) bond motifs is 6. The summed E-state index contributed by atoms with van der Waals surface area (Å²) in [6.45, 7) is 0. The molecule has 8 aromatic carbocycles. The van der Waals surface area contributed by atoms with Gasteiger partial charge in [0.15, 0.2) is 17.5 Å². The molecule has 11 aromatic rings. The average molecular weight is 750 g/mol. The second-order valence-corrected chi connectivity index (χ2v) is 16.0. The van der Waals surface area contributed by atoms with Gasteiger partial charge in [0.1, 0.15) is 0 Å². The second kappa shape index (κ2) is 13.5. The minimum Gasteiger partial charge on any atom is -0.208 e. The molecule has 3 nitrogen and oxygen atoms in total. The van der Waals surface area contributed by atoms with Crippen LogP contribution >= 0.6 is 22.7 Å². The highest BCUT2D eigenvalue weighted by molar-refractivity contribution is 7.27. The van der Waals surface area contributed by atoms with Crippen molar-refractivity contribution >= 4 is 63.0 Å². The van der Waals surface area contributed by atoms with Crippen LogP contribution in [-0.4, -0.2) is 15.0 Å². The Morgan fingerprint density at radius 3 is 1.48 bits per heavy atom. The van der Waals surface area contributed by atoms with E-state index in [4.69, 9.17) is 15.0 Å². The average Bonchev–Trinajstić information content (AvgIpc) is 3.86. The molecule has 0 bridgehead atoms. The van der Waals surface area contributed by atoms with Gasteiger partial charge in [-0.25, -0.2) is 15.0 Å². The van der Waals surface area contributed by atoms with E-state index in [-0.39, 0.29) is 0 Å². The Morgan fingerprint density at radius 2 is 0.786 bits per heavy atom. The van der Waals surface area contributed by atoms with Gasteiger partial charge >= 0.3 is 0 Å². The van der Waals surface area contributed by atoms with Crippen LogP contribution < -0.4 is 0 Å². The van der Waals surface area contributed by atoms with Gasteiger partial charge in [-0.1, -0.05) is 170 Å². The van der Waals surface area contributed by atoms with Crippen LogP contribution in [0.25, 0.3) is 108 Å². The van der Waals surface area contributed by atoms with E-state index >= 15 is 0 Å². The fourth-order valence-electron chi connectivity index (χ4n) is 7.91. The first kappa shape index (κ1) is 32.6. The van der Waals surface area contributed by atoms with Gasteiger partial charge in [0.25, 0.3) is 0 Å². The molecular formula is C51H31N3S2. The van der Waals surface area contributed by atoms with Gasteiger partial charge in [-0.3, -0.25) is 0 Å². The lowest BCUT2D eigenvalue weighted by atomic mass is 9.93. The predicted molar refractivity (Wildman–Crippen MR) is 238 cm³/mol. The Balaban J connectivity index is 1.12. The summed E-state index contributed by atoms with van der Waals surface area (Å²) in [5, 5.41) is 5.02. The van der Waals surface area contributed by atoms with Gasteiger partial charge in [0.05, 0.1) is 0 Å². The quantitative estimate of drug-likeness (QED) is 0.170. The van der Waals surface area contributed by atoms with Crippen LogP contribution in [0.3, 0.4) is 0 Å². The highest BCUT2D eigenvalue weighted by atomic mass is 32.1. The standard InChI is InChI=1S/C51H31N3S2/c1-4-15-32(16-5-1)35-21-12-22-36(31-35)37-29-30-38(45-42-23-10-11-28-44(42)55-48(37)45)39-24-13-25-40-41-26-14-27-43(47(41)56-46(39)40)51-53-49(33-17-6-2-7-18-33)52-50(54-51)34-19-8-3-9-20-34/h1-31H. The zero-order chi connectivity index (χ0) is 37.0. The van der Waals surface area contributed by atoms with Crippen LogP contribution in [0.1, 0.15) is 0 Å². The third-order valence-corrected chi connectivity index (χ3v) is 13.1. The van der Waals surface area contributed by atoms with Crippen molar-refractivity contribution in [1.82, 2.24) is 15.0 Å². The molecule has 5 heteroatoms. The van der Waals surface area contributed by atoms with Gasteiger partial charge in [0.2, 0.25) is 0 Å². The maximum absolute atomic E-state index is 5.12. The number of hydrogen-bond acceptors (Lipinski definition) is 5. The minimum atomic E-state index is 0.661. The van der Waals surface area contributed by atoms with Crippen LogP contribution in [0, 0.1) is 0 Å². The van der Waals surface area contributed by atoms with E-state index in [1.807, 2.05) is 59.1 Å². The molecule has 0 aliphatic heterocycles. The maximum Gasteiger partial charge on any atom is 0.165 e. The summed E-state index contributed by atoms with van der Waals surface area (Å²) in [6, 6.07) is 66.7. The molecule has 0 saturated carbocycles. The summed E-state index contributed by atoms with van der Waals surface area (Å²) in [5.74, 6) is 1.99. The van der Waals surface area contributed by atoms with Crippen LogP contribution in [0.2, 0.25) is 0 Å². The van der Waals surface area contributed by atoms with E-state index in [0.29, 0.717) is 17.5 Å². The molecule has 0 spiro atoms. The van der Waals surface area contributed by atoms with Gasteiger partial charge < -0.3 is 0 Å². The first-order valence-electron chi connectivity index (χ1n) is 18.7. The normalized spacial score (nSPS) is 11.6. The van der Waals surface area contributed by atoms with Crippen molar-refractivity contribution in [2.75, 3.05) is 0 Å². The molecule has 0 N–H and O–H groups in total. The van der Waals surface area contributed by atoms with Crippen molar-refractivity contribution in [2.45, 2.75) is 0 Å². The topological polar surface area (TPSA) is 38.7 Å². The molecule has 262 valence electrons. The van der Waals surface area contributed by atoms with Crippen molar-refractivity contribution < 1.29 is 0 Å². The molecule has 0 amide bonds. The van der Waals surface area contributed by atoms with E-state index in [1.54, 1.807) is 0 Å². The van der Waals surface area contributed by atoms with Crippen molar-refractivity contribution in [3.05, 3.63) is 188 Å². The largest absolute Gasteiger partial charge is 0.208 e. The first-order valence-corrected chi connectivity index (χ1v) is 20.3. The molecule has 3 heterocycles. The third-order valence-electron chi connectivity index (χ3n) is 10.6. The van der Waals surface area contributed by atoms with E-state index in [1.165, 1.54) is 73.7 Å². The Hall–Kier alpha value is -6.79. The summed E-state index contributed by atoms with van der Waals surface area (Å²) >= 11 is 3.71. The van der Waals surface area contributed by atoms with E-state index in [0.717, 1.165) is 16.7 Å². The Morgan fingerprint density at radius 1 is 0.286 bits per heavy atom. The first-order chi connectivity index (χ1) is 27.8. The molecule has 3 aromatic heterocycles. The second-order valence-electron chi connectivity index (χ2n) is 13.9. The molecule has 0 unspecified atom stereocenters. The van der Waals surface area contributed by atoms with Crippen molar-refractivity contribution in [2.24, 2.45) is 0 Å². The number of rotatable bonds is 6. The van der Waals surface area contributed by atoms with Gasteiger partial charge in [-0.05, 0) is 46.0 Å². The number of benzene rings is 8. The van der Waals surface area contributed by atoms with Crippen molar-refractivity contribution in [3.63, 3.8) is 0 Å². The molecule has 0 fully saturated rings. The monoisotopic (exact) mass is 749 g/mol. The lowest BCUT2D eigenvalue weighted by Gasteiger charge is -2.12. The van der Waals surface area contributed by atoms with E-state index in [2.05, 4.69) is 152 Å². The maximum atomic E-state index is 5.12. The highest BCUT2D eigenvalue weighted by Crippen LogP contribution is 2.49.